The molecule has 0 aromatic heterocycles. The van der Waals surface area contributed by atoms with Crippen molar-refractivity contribution in [2.45, 2.75) is 62.2 Å². The van der Waals surface area contributed by atoms with Crippen LogP contribution in [0.15, 0.2) is 119 Å². The molecular weight excluding hydrogens is 825 g/mol. The highest BCUT2D eigenvalue weighted by atomic mass is 32.2. The number of unbranched alkanes of at least 4 members (excludes halogenated alkanes) is 2. The van der Waals surface area contributed by atoms with Gasteiger partial charge in [-0.2, -0.15) is 0 Å². The molecule has 0 N–H and O–H groups in total. The molecule has 0 unspecified atom stereocenters. The van der Waals surface area contributed by atoms with Gasteiger partial charge in [-0.3, -0.25) is 0 Å². The lowest BCUT2D eigenvalue weighted by atomic mass is 9.84. The summed E-state index contributed by atoms with van der Waals surface area (Å²) in [6, 6.07) is 25.8. The Balaban J connectivity index is 0.861. The molecule has 13 heteroatoms. The molecule has 0 spiro atoms. The number of rotatable bonds is 26. The summed E-state index contributed by atoms with van der Waals surface area (Å²) in [5.41, 5.74) is 1.98. The average molecular weight is 883 g/mol. The van der Waals surface area contributed by atoms with Gasteiger partial charge < -0.3 is 37.9 Å². The van der Waals surface area contributed by atoms with E-state index in [-0.39, 0.29) is 32.1 Å². The molecule has 2 aliphatic heterocycles. The minimum Gasteiger partial charge on any atom is -0.494 e. The van der Waals surface area contributed by atoms with E-state index in [0.29, 0.717) is 26.4 Å². The van der Waals surface area contributed by atoms with Crippen LogP contribution in [0, 0.1) is 10.8 Å². The molecule has 6 rings (SSSR count). The molecule has 4 aromatic rings. The second kappa shape index (κ2) is 23.4. The van der Waals surface area contributed by atoms with E-state index in [4.69, 9.17) is 37.9 Å². The van der Waals surface area contributed by atoms with Crippen LogP contribution in [0.1, 0.15) is 63.5 Å². The molecule has 0 radical (unpaired) electrons. The number of hydrogen-bond donors (Lipinski definition) is 0. The summed E-state index contributed by atoms with van der Waals surface area (Å²) in [4.78, 5) is 25.0. The van der Waals surface area contributed by atoms with Gasteiger partial charge in [0.2, 0.25) is 9.84 Å². The van der Waals surface area contributed by atoms with E-state index in [1.165, 1.54) is 60.7 Å². The van der Waals surface area contributed by atoms with Gasteiger partial charge in [0.1, 0.15) is 23.0 Å². The maximum atomic E-state index is 13.3. The quantitative estimate of drug-likeness (QED) is 0.0257. The lowest BCUT2D eigenvalue weighted by molar-refractivity contribution is -0.150. The van der Waals surface area contributed by atoms with Crippen LogP contribution >= 0.6 is 0 Å². The second-order valence-corrected chi connectivity index (χ2v) is 18.0. The smallest absolute Gasteiger partial charge is 0.336 e. The highest BCUT2D eigenvalue weighted by Crippen LogP contribution is 2.32. The van der Waals surface area contributed by atoms with Gasteiger partial charge in [0.25, 0.3) is 0 Å². The summed E-state index contributed by atoms with van der Waals surface area (Å²) in [6.07, 6.45) is 11.6. The highest BCUT2D eigenvalue weighted by Gasteiger charge is 2.37. The Morgan fingerprint density at radius 3 is 1.21 bits per heavy atom. The van der Waals surface area contributed by atoms with Gasteiger partial charge >= 0.3 is 11.9 Å². The van der Waals surface area contributed by atoms with E-state index in [1.54, 1.807) is 12.2 Å². The van der Waals surface area contributed by atoms with Crippen molar-refractivity contribution >= 4 is 33.9 Å². The Labute approximate surface area is 371 Å². The first kappa shape index (κ1) is 47.2. The predicted molar refractivity (Wildman–Crippen MR) is 239 cm³/mol. The molecule has 2 saturated heterocycles. The predicted octanol–water partition coefficient (Wildman–Crippen LogP) is 8.96. The zero-order chi connectivity index (χ0) is 44.4. The van der Waals surface area contributed by atoms with Crippen LogP contribution < -0.4 is 18.9 Å². The van der Waals surface area contributed by atoms with Crippen molar-refractivity contribution in [3.63, 3.8) is 0 Å². The maximum Gasteiger partial charge on any atom is 0.336 e. The van der Waals surface area contributed by atoms with Crippen LogP contribution in [0.25, 0.3) is 12.2 Å². The first-order valence-electron chi connectivity index (χ1n) is 21.6. The number of carbonyl (C=O) groups is 2. The Morgan fingerprint density at radius 2 is 0.873 bits per heavy atom. The van der Waals surface area contributed by atoms with E-state index in [1.807, 2.05) is 48.5 Å². The molecule has 0 saturated carbocycles. The monoisotopic (exact) mass is 882 g/mol. The lowest BCUT2D eigenvalue weighted by Crippen LogP contribution is -2.45. The number of sulfone groups is 1. The van der Waals surface area contributed by atoms with E-state index < -0.39 is 21.8 Å². The largest absolute Gasteiger partial charge is 0.494 e. The summed E-state index contributed by atoms with van der Waals surface area (Å²) in [7, 11) is -3.91. The number of hydrogen-bond acceptors (Lipinski definition) is 12. The Kier molecular flexibility index (Phi) is 17.5. The molecule has 2 fully saturated rings. The summed E-state index contributed by atoms with van der Waals surface area (Å²) in [5.74, 6) is 0.613. The fourth-order valence-corrected chi connectivity index (χ4v) is 7.88. The third-order valence-electron chi connectivity index (χ3n) is 11.1. The van der Waals surface area contributed by atoms with Crippen LogP contribution in [0.3, 0.4) is 0 Å². The summed E-state index contributed by atoms with van der Waals surface area (Å²) < 4.78 is 71.4. The normalized spacial score (nSPS) is 15.4. The van der Waals surface area contributed by atoms with Gasteiger partial charge in [-0.05, 0) is 135 Å². The molecule has 336 valence electrons. The summed E-state index contributed by atoms with van der Waals surface area (Å²) in [5, 5.41) is 0. The molecule has 0 bridgehead atoms. The van der Waals surface area contributed by atoms with Crippen LogP contribution in [0.4, 0.5) is 0 Å². The van der Waals surface area contributed by atoms with Crippen molar-refractivity contribution in [3.05, 3.63) is 120 Å². The number of carbonyl (C=O) groups excluding carboxylic acids is 2. The zero-order valence-corrected chi connectivity index (χ0v) is 37.0. The minimum atomic E-state index is -3.91. The van der Waals surface area contributed by atoms with Gasteiger partial charge in [-0.1, -0.05) is 38.1 Å². The van der Waals surface area contributed by atoms with Crippen molar-refractivity contribution in [1.29, 1.82) is 0 Å². The first-order valence-corrected chi connectivity index (χ1v) is 23.1. The third kappa shape index (κ3) is 14.4. The van der Waals surface area contributed by atoms with E-state index >= 15 is 0 Å². The van der Waals surface area contributed by atoms with E-state index in [9.17, 15) is 18.0 Å². The molecule has 63 heavy (non-hydrogen) atoms. The molecular formula is C50H58O12S. The summed E-state index contributed by atoms with van der Waals surface area (Å²) >= 11 is 0. The van der Waals surface area contributed by atoms with Gasteiger partial charge in [-0.25, -0.2) is 18.0 Å². The van der Waals surface area contributed by atoms with Crippen molar-refractivity contribution < 1.29 is 55.9 Å². The van der Waals surface area contributed by atoms with Crippen LogP contribution in [0.5, 0.6) is 23.0 Å². The molecule has 0 amide bonds. The van der Waals surface area contributed by atoms with Crippen molar-refractivity contribution in [1.82, 2.24) is 0 Å². The van der Waals surface area contributed by atoms with Gasteiger partial charge in [0, 0.05) is 36.2 Å². The average Bonchev–Trinajstić information content (AvgIpc) is 3.27. The topological polar surface area (TPSA) is 142 Å². The number of ether oxygens (including phenoxy) is 8. The van der Waals surface area contributed by atoms with Crippen LogP contribution in [0.2, 0.25) is 0 Å². The molecule has 4 aromatic carbocycles. The van der Waals surface area contributed by atoms with Crippen LogP contribution in [-0.2, 0) is 38.4 Å². The Morgan fingerprint density at radius 1 is 0.524 bits per heavy atom. The fourth-order valence-electron chi connectivity index (χ4n) is 6.62. The lowest BCUT2D eigenvalue weighted by Gasteiger charge is -2.40. The molecule has 0 atom stereocenters. The highest BCUT2D eigenvalue weighted by molar-refractivity contribution is 7.91. The van der Waals surface area contributed by atoms with E-state index in [0.717, 1.165) is 101 Å². The maximum absolute atomic E-state index is 13.3. The van der Waals surface area contributed by atoms with Crippen molar-refractivity contribution in [2.24, 2.45) is 10.8 Å². The van der Waals surface area contributed by atoms with Gasteiger partial charge in [-0.15, -0.1) is 0 Å². The molecule has 0 aliphatic carbocycles. The number of benzene rings is 4. The Hall–Kier alpha value is -5.31. The molecule has 12 nitrogen and oxygen atoms in total. The third-order valence-corrected chi connectivity index (χ3v) is 12.9. The van der Waals surface area contributed by atoms with Crippen molar-refractivity contribution in [2.75, 3.05) is 66.1 Å². The van der Waals surface area contributed by atoms with Crippen molar-refractivity contribution in [3.8, 4) is 23.0 Å². The van der Waals surface area contributed by atoms with Crippen LogP contribution in [-0.4, -0.2) is 86.4 Å². The number of esters is 2. The molecule has 2 heterocycles. The standard InChI is InChI=1S/C50H58O12S/c1-3-49(35-57-36-49)33-55-29-5-7-31-59-41-15-9-39(10-16-41)13-27-47(51)61-43-19-23-45(24-20-43)63(53,54)46-25-21-44(22-26-46)62-48(52)28-14-40-11-17-42(18-12-40)60-32-8-6-30-56-34-50(4-2)37-58-38-50/h9-28H,3-8,29-38H2,1-2H3/b27-13+,28-14+. The van der Waals surface area contributed by atoms with E-state index in [2.05, 4.69) is 13.8 Å². The zero-order valence-electron chi connectivity index (χ0n) is 36.2. The first-order chi connectivity index (χ1) is 30.6. The fraction of sp³-hybridized carbons (Fsp3) is 0.400. The summed E-state index contributed by atoms with van der Waals surface area (Å²) in [6.45, 7) is 11.5. The SMILES string of the molecule is CCC1(COCCCCOc2ccc(/C=C/C(=O)Oc3ccc(S(=O)(=O)c4ccc(OC(=O)/C=C/c5ccc(OCCCCOCC6(CC)COC6)cc5)cc4)cc3)cc2)COC1. The molecule has 2 aliphatic rings. The second-order valence-electron chi connectivity index (χ2n) is 16.0. The van der Waals surface area contributed by atoms with Gasteiger partial charge in [0.15, 0.2) is 0 Å². The van der Waals surface area contributed by atoms with Gasteiger partial charge in [0.05, 0.1) is 62.6 Å². The Bertz CT molecular complexity index is 2040. The minimum absolute atomic E-state index is 0.00663.